The van der Waals surface area contributed by atoms with Gasteiger partial charge in [-0.1, -0.05) is 17.7 Å². The third-order valence-electron chi connectivity index (χ3n) is 5.35. The second kappa shape index (κ2) is 10.0. The Morgan fingerprint density at radius 2 is 2.24 bits per heavy atom. The molecule has 1 saturated heterocycles. The van der Waals surface area contributed by atoms with Crippen molar-refractivity contribution < 1.29 is 27.8 Å². The number of hydrogen-bond donors (Lipinski definition) is 2. The predicted octanol–water partition coefficient (Wildman–Crippen LogP) is 3.55. The van der Waals surface area contributed by atoms with Crippen LogP contribution in [0.4, 0.5) is 13.2 Å². The van der Waals surface area contributed by atoms with Crippen LogP contribution in [0.2, 0.25) is 5.02 Å². The number of benzene rings is 1. The van der Waals surface area contributed by atoms with E-state index in [0.29, 0.717) is 16.4 Å². The number of thiazole rings is 1. The molecule has 0 radical (unpaired) electrons. The summed E-state index contributed by atoms with van der Waals surface area (Å²) in [4.78, 5) is 23.3. The lowest BCUT2D eigenvalue weighted by molar-refractivity contribution is -0.139. The second-order valence-electron chi connectivity index (χ2n) is 8.00. The Balaban J connectivity index is 1.81. The van der Waals surface area contributed by atoms with Gasteiger partial charge in [-0.3, -0.25) is 9.89 Å². The Morgan fingerprint density at radius 1 is 1.44 bits per heavy atom. The van der Waals surface area contributed by atoms with Crippen LogP contribution in [0.1, 0.15) is 30.0 Å². The number of aliphatic hydroxyl groups is 1. The quantitative estimate of drug-likeness (QED) is 0.573. The standard InChI is InChI=1S/C22H22ClF3N4O3S/c1-2-33-21(32)17-16(10-30-9-13(31)8-22(25,26)11-30)28-19(20-27-5-6-34-20)29-18(17)14-4-3-12(24)7-15(14)23/h3-7,13,18,31H,2,8-11H2,1H3,(H,28,29)/t13?,18-/m0/s1. The SMILES string of the molecule is CCOC(=O)C1=C(CN2CC(O)CC(F)(F)C2)NC(c2nccs2)=N[C@H]1c1ccc(F)cc1Cl. The van der Waals surface area contributed by atoms with Gasteiger partial charge in [0.25, 0.3) is 5.92 Å². The maximum absolute atomic E-state index is 14.2. The van der Waals surface area contributed by atoms with Crippen LogP contribution in [0.3, 0.4) is 0 Å². The van der Waals surface area contributed by atoms with Gasteiger partial charge in [-0.15, -0.1) is 11.3 Å². The number of likely N-dealkylation sites (tertiary alicyclic amines) is 1. The zero-order chi connectivity index (χ0) is 24.5. The summed E-state index contributed by atoms with van der Waals surface area (Å²) >= 11 is 7.61. The van der Waals surface area contributed by atoms with Gasteiger partial charge in [0.2, 0.25) is 0 Å². The first-order chi connectivity index (χ1) is 16.2. The number of carbonyl (C=O) groups is 1. The molecule has 1 unspecified atom stereocenters. The Kier molecular flexibility index (Phi) is 7.27. The fourth-order valence-electron chi connectivity index (χ4n) is 4.07. The van der Waals surface area contributed by atoms with Crippen LogP contribution in [0, 0.1) is 5.82 Å². The molecule has 2 aromatic rings. The number of aliphatic imine (C=N–C) groups is 1. The highest BCUT2D eigenvalue weighted by Crippen LogP contribution is 2.37. The summed E-state index contributed by atoms with van der Waals surface area (Å²) in [5, 5.41) is 15.3. The van der Waals surface area contributed by atoms with E-state index in [0.717, 1.165) is 6.07 Å². The largest absolute Gasteiger partial charge is 0.463 e. The van der Waals surface area contributed by atoms with Crippen LogP contribution >= 0.6 is 22.9 Å². The Labute approximate surface area is 202 Å². The molecule has 1 aromatic heterocycles. The predicted molar refractivity (Wildman–Crippen MR) is 122 cm³/mol. The minimum atomic E-state index is -3.08. The number of alkyl halides is 2. The zero-order valence-electron chi connectivity index (χ0n) is 18.1. The highest BCUT2D eigenvalue weighted by Gasteiger charge is 2.41. The second-order valence-corrected chi connectivity index (χ2v) is 9.31. The molecule has 34 heavy (non-hydrogen) atoms. The van der Waals surface area contributed by atoms with E-state index >= 15 is 0 Å². The summed E-state index contributed by atoms with van der Waals surface area (Å²) in [5.74, 6) is -4.03. The fraction of sp³-hybridized carbons (Fsp3) is 0.409. The third kappa shape index (κ3) is 5.43. The monoisotopic (exact) mass is 514 g/mol. The molecule has 182 valence electrons. The first-order valence-corrected chi connectivity index (χ1v) is 11.8. The third-order valence-corrected chi connectivity index (χ3v) is 6.46. The molecule has 12 heteroatoms. The van der Waals surface area contributed by atoms with Crippen molar-refractivity contribution in [2.45, 2.75) is 31.4 Å². The van der Waals surface area contributed by atoms with Crippen molar-refractivity contribution >= 4 is 34.7 Å². The smallest absolute Gasteiger partial charge is 0.338 e. The molecule has 3 heterocycles. The molecule has 7 nitrogen and oxygen atoms in total. The highest BCUT2D eigenvalue weighted by atomic mass is 35.5. The van der Waals surface area contributed by atoms with E-state index in [2.05, 4.69) is 15.3 Å². The molecule has 1 aromatic carbocycles. The van der Waals surface area contributed by atoms with Gasteiger partial charge in [0.05, 0.1) is 24.8 Å². The summed E-state index contributed by atoms with van der Waals surface area (Å²) in [6.07, 6.45) is -0.260. The van der Waals surface area contributed by atoms with Gasteiger partial charge in [-0.05, 0) is 19.1 Å². The van der Waals surface area contributed by atoms with E-state index in [-0.39, 0.29) is 36.0 Å². The summed E-state index contributed by atoms with van der Waals surface area (Å²) in [5.41, 5.74) is 0.691. The number of aromatic nitrogens is 1. The topological polar surface area (TPSA) is 87.0 Å². The van der Waals surface area contributed by atoms with Crippen LogP contribution in [0.5, 0.6) is 0 Å². The van der Waals surface area contributed by atoms with Gasteiger partial charge >= 0.3 is 5.97 Å². The normalized spacial score (nSPS) is 22.8. The van der Waals surface area contributed by atoms with Crippen LogP contribution in [0.15, 0.2) is 46.0 Å². The van der Waals surface area contributed by atoms with Crippen molar-refractivity contribution in [2.24, 2.45) is 4.99 Å². The minimum Gasteiger partial charge on any atom is -0.463 e. The number of aliphatic hydroxyl groups excluding tert-OH is 1. The van der Waals surface area contributed by atoms with Gasteiger partial charge in [0.15, 0.2) is 10.8 Å². The number of β-amino-alcohol motifs (C(OH)–C–C–N with tert-alkyl or cyclic N) is 1. The average molecular weight is 515 g/mol. The maximum Gasteiger partial charge on any atom is 0.338 e. The molecule has 2 N–H and O–H groups in total. The number of hydrogen-bond acceptors (Lipinski definition) is 8. The average Bonchev–Trinajstić information content (AvgIpc) is 3.27. The van der Waals surface area contributed by atoms with E-state index < -0.39 is 42.8 Å². The number of halogens is 4. The number of piperidine rings is 1. The highest BCUT2D eigenvalue weighted by molar-refractivity contribution is 7.11. The molecule has 0 amide bonds. The van der Waals surface area contributed by atoms with Gasteiger partial charge in [0.1, 0.15) is 11.9 Å². The summed E-state index contributed by atoms with van der Waals surface area (Å²) in [6.45, 7) is 1.02. The van der Waals surface area contributed by atoms with Crippen molar-refractivity contribution in [1.82, 2.24) is 15.2 Å². The molecular weight excluding hydrogens is 493 g/mol. The lowest BCUT2D eigenvalue weighted by Gasteiger charge is -2.37. The maximum atomic E-state index is 14.2. The molecule has 0 bridgehead atoms. The van der Waals surface area contributed by atoms with Crippen LogP contribution < -0.4 is 5.32 Å². The number of carbonyl (C=O) groups excluding carboxylic acids is 1. The molecule has 2 aliphatic rings. The molecule has 0 saturated carbocycles. The first kappa shape index (κ1) is 24.6. The summed E-state index contributed by atoms with van der Waals surface area (Å²) in [6, 6.07) is 2.75. The molecule has 2 aliphatic heterocycles. The number of nitrogens with zero attached hydrogens (tertiary/aromatic N) is 3. The van der Waals surface area contributed by atoms with E-state index in [1.54, 1.807) is 18.5 Å². The number of nitrogens with one attached hydrogen (secondary N) is 1. The lowest BCUT2D eigenvalue weighted by atomic mass is 9.94. The molecule has 1 fully saturated rings. The summed E-state index contributed by atoms with van der Waals surface area (Å²) in [7, 11) is 0. The number of amidine groups is 1. The van der Waals surface area contributed by atoms with Gasteiger partial charge in [-0.2, -0.15) is 0 Å². The first-order valence-electron chi connectivity index (χ1n) is 10.5. The van der Waals surface area contributed by atoms with Crippen LogP contribution in [-0.2, 0) is 9.53 Å². The Morgan fingerprint density at radius 3 is 2.88 bits per heavy atom. The van der Waals surface area contributed by atoms with Crippen molar-refractivity contribution in [3.63, 3.8) is 0 Å². The minimum absolute atomic E-state index is 0.00255. The molecule has 0 aliphatic carbocycles. The van der Waals surface area contributed by atoms with Crippen LogP contribution in [-0.4, -0.2) is 65.1 Å². The number of ether oxygens (including phenoxy) is 1. The Hall–Kier alpha value is -2.47. The Bertz CT molecular complexity index is 1130. The zero-order valence-corrected chi connectivity index (χ0v) is 19.7. The van der Waals surface area contributed by atoms with Crippen molar-refractivity contribution in [1.29, 1.82) is 0 Å². The van der Waals surface area contributed by atoms with Crippen molar-refractivity contribution in [3.05, 3.63) is 62.5 Å². The fourth-order valence-corrected chi connectivity index (χ4v) is 4.93. The lowest BCUT2D eigenvalue weighted by Crippen LogP contribution is -2.51. The van der Waals surface area contributed by atoms with Crippen LogP contribution in [0.25, 0.3) is 0 Å². The van der Waals surface area contributed by atoms with E-state index in [1.165, 1.54) is 28.4 Å². The van der Waals surface area contributed by atoms with Gasteiger partial charge < -0.3 is 15.2 Å². The van der Waals surface area contributed by atoms with Gasteiger partial charge in [0, 0.05) is 47.4 Å². The molecule has 4 rings (SSSR count). The molecular formula is C22H22ClF3N4O3S. The molecule has 2 atom stereocenters. The van der Waals surface area contributed by atoms with E-state index in [1.807, 2.05) is 0 Å². The number of esters is 1. The molecule has 0 spiro atoms. The number of rotatable bonds is 6. The van der Waals surface area contributed by atoms with Crippen molar-refractivity contribution in [3.8, 4) is 0 Å². The van der Waals surface area contributed by atoms with Gasteiger partial charge in [-0.25, -0.2) is 22.9 Å². The van der Waals surface area contributed by atoms with Crippen molar-refractivity contribution in [2.75, 3.05) is 26.2 Å². The summed E-state index contributed by atoms with van der Waals surface area (Å²) < 4.78 is 47.3. The van der Waals surface area contributed by atoms with E-state index in [9.17, 15) is 23.1 Å². The van der Waals surface area contributed by atoms with E-state index in [4.69, 9.17) is 16.3 Å².